The van der Waals surface area contributed by atoms with Crippen molar-refractivity contribution in [2.24, 2.45) is 0 Å². The van der Waals surface area contributed by atoms with Gasteiger partial charge in [-0.1, -0.05) is 12.1 Å². The number of anilines is 1. The third-order valence-electron chi connectivity index (χ3n) is 2.27. The van der Waals surface area contributed by atoms with E-state index in [1.807, 2.05) is 12.1 Å². The van der Waals surface area contributed by atoms with Crippen LogP contribution in [0.2, 0.25) is 0 Å². The van der Waals surface area contributed by atoms with Gasteiger partial charge in [-0.25, -0.2) is 0 Å². The number of nitrogen functional groups attached to an aromatic ring is 2. The predicted molar refractivity (Wildman–Crippen MR) is 70.4 cm³/mol. The number of aromatic nitrogens is 1. The largest absolute Gasteiger partial charge is 0.868 e. The molecule has 0 saturated carbocycles. The van der Waals surface area contributed by atoms with E-state index in [1.165, 1.54) is 4.68 Å². The van der Waals surface area contributed by atoms with E-state index in [9.17, 15) is 25.3 Å². The number of nitro groups is 2. The number of nitro benzene ring substituents is 2. The van der Waals surface area contributed by atoms with Crippen molar-refractivity contribution < 1.29 is 19.6 Å². The summed E-state index contributed by atoms with van der Waals surface area (Å²) in [5, 5.41) is 31.1. The Morgan fingerprint density at radius 3 is 2.14 bits per heavy atom. The van der Waals surface area contributed by atoms with Crippen LogP contribution in [-0.2, 0) is 0 Å². The van der Waals surface area contributed by atoms with Gasteiger partial charge in [0.15, 0.2) is 0 Å². The van der Waals surface area contributed by atoms with E-state index in [1.54, 1.807) is 12.3 Å². The van der Waals surface area contributed by atoms with E-state index >= 15 is 0 Å². The third kappa shape index (κ3) is 4.31. The first kappa shape index (κ1) is 15.6. The van der Waals surface area contributed by atoms with Gasteiger partial charge >= 0.3 is 0 Å². The highest BCUT2D eigenvalue weighted by molar-refractivity contribution is 5.51. The zero-order valence-electron chi connectivity index (χ0n) is 10.6. The van der Waals surface area contributed by atoms with Gasteiger partial charge in [-0.05, 0) is 11.8 Å². The second kappa shape index (κ2) is 6.65. The molecule has 2 rings (SSSR count). The first-order valence-corrected chi connectivity index (χ1v) is 5.44. The molecule has 4 N–H and O–H groups in total. The van der Waals surface area contributed by atoms with Crippen LogP contribution in [-0.4, -0.2) is 9.85 Å². The molecule has 0 aliphatic heterocycles. The molecular formula is C11H11N5O5. The Morgan fingerprint density at radius 2 is 1.71 bits per heavy atom. The van der Waals surface area contributed by atoms with Crippen LogP contribution in [0.5, 0.6) is 5.75 Å². The number of hydrogen-bond acceptors (Lipinski definition) is 7. The molecule has 1 heterocycles. The van der Waals surface area contributed by atoms with Crippen molar-refractivity contribution in [3.63, 3.8) is 0 Å². The van der Waals surface area contributed by atoms with Crippen LogP contribution in [0.3, 0.4) is 0 Å². The summed E-state index contributed by atoms with van der Waals surface area (Å²) < 4.78 is 1.36. The molecule has 0 saturated heterocycles. The SMILES string of the molecule is Nc1cccc[n+]1N.O=[N+]([O-])c1ccc([O-])c([N+](=O)[O-])c1. The molecule has 0 fully saturated rings. The van der Waals surface area contributed by atoms with Crippen LogP contribution in [0.15, 0.2) is 42.6 Å². The highest BCUT2D eigenvalue weighted by Crippen LogP contribution is 2.27. The van der Waals surface area contributed by atoms with Gasteiger partial charge in [-0.2, -0.15) is 0 Å². The van der Waals surface area contributed by atoms with Crippen LogP contribution in [0.25, 0.3) is 0 Å². The molecule has 0 radical (unpaired) electrons. The number of benzene rings is 1. The molecule has 0 aliphatic carbocycles. The van der Waals surface area contributed by atoms with E-state index < -0.39 is 27.0 Å². The molecular weight excluding hydrogens is 282 g/mol. The van der Waals surface area contributed by atoms with Crippen LogP contribution in [0.1, 0.15) is 0 Å². The Bertz CT molecular complexity index is 655. The quantitative estimate of drug-likeness (QED) is 0.336. The van der Waals surface area contributed by atoms with Gasteiger partial charge in [0.25, 0.3) is 17.2 Å². The van der Waals surface area contributed by atoms with Crippen molar-refractivity contribution in [1.82, 2.24) is 0 Å². The molecule has 2 aromatic rings. The number of pyridine rings is 1. The number of hydrogen-bond donors (Lipinski definition) is 2. The van der Waals surface area contributed by atoms with Gasteiger partial charge in [0.2, 0.25) is 0 Å². The monoisotopic (exact) mass is 293 g/mol. The summed E-state index contributed by atoms with van der Waals surface area (Å²) in [5.74, 6) is 5.04. The van der Waals surface area contributed by atoms with Gasteiger partial charge in [-0.15, -0.1) is 4.68 Å². The number of rotatable bonds is 2. The van der Waals surface area contributed by atoms with E-state index in [-0.39, 0.29) is 0 Å². The van der Waals surface area contributed by atoms with Gasteiger partial charge in [0.1, 0.15) is 6.20 Å². The van der Waals surface area contributed by atoms with Crippen molar-refractivity contribution in [2.45, 2.75) is 0 Å². The summed E-state index contributed by atoms with van der Waals surface area (Å²) in [6.07, 6.45) is 1.69. The Balaban J connectivity index is 0.000000235. The van der Waals surface area contributed by atoms with Crippen molar-refractivity contribution in [1.29, 1.82) is 0 Å². The first-order chi connectivity index (χ1) is 9.82. The lowest BCUT2D eigenvalue weighted by Crippen LogP contribution is -2.46. The van der Waals surface area contributed by atoms with Crippen LogP contribution >= 0.6 is 0 Å². The molecule has 21 heavy (non-hydrogen) atoms. The predicted octanol–water partition coefficient (Wildman–Crippen LogP) is -0.153. The molecule has 0 spiro atoms. The molecule has 0 unspecified atom stereocenters. The molecule has 0 amide bonds. The summed E-state index contributed by atoms with van der Waals surface area (Å²) in [6, 6.07) is 7.75. The fourth-order valence-electron chi connectivity index (χ4n) is 1.23. The first-order valence-electron chi connectivity index (χ1n) is 5.44. The van der Waals surface area contributed by atoms with Crippen molar-refractivity contribution >= 4 is 17.2 Å². The molecule has 0 atom stereocenters. The van der Waals surface area contributed by atoms with Crippen molar-refractivity contribution in [2.75, 3.05) is 11.6 Å². The Morgan fingerprint density at radius 1 is 1.05 bits per heavy atom. The summed E-state index contributed by atoms with van der Waals surface area (Å²) in [4.78, 5) is 18.6. The van der Waals surface area contributed by atoms with Gasteiger partial charge in [-0.3, -0.25) is 31.8 Å². The number of nitrogens with zero attached hydrogens (tertiary/aromatic N) is 3. The average molecular weight is 293 g/mol. The maximum Gasteiger partial charge on any atom is 0.295 e. The fraction of sp³-hybridized carbons (Fsp3) is 0. The zero-order chi connectivity index (χ0) is 16.0. The Hall–Kier alpha value is -3.43. The second-order valence-corrected chi connectivity index (χ2v) is 3.70. The van der Waals surface area contributed by atoms with Crippen LogP contribution < -0.4 is 21.4 Å². The minimum Gasteiger partial charge on any atom is -0.868 e. The fourth-order valence-corrected chi connectivity index (χ4v) is 1.23. The average Bonchev–Trinajstić information content (AvgIpc) is 2.43. The van der Waals surface area contributed by atoms with Gasteiger partial charge in [0.05, 0.1) is 15.9 Å². The maximum atomic E-state index is 10.8. The Labute approximate surface area is 118 Å². The molecule has 1 aromatic carbocycles. The minimum atomic E-state index is -0.949. The highest BCUT2D eigenvalue weighted by Gasteiger charge is 2.13. The number of nitrogens with two attached hydrogens (primary N) is 2. The summed E-state index contributed by atoms with van der Waals surface area (Å²) in [5.41, 5.74) is 4.11. The van der Waals surface area contributed by atoms with E-state index in [0.29, 0.717) is 11.9 Å². The van der Waals surface area contributed by atoms with Crippen molar-refractivity contribution in [3.8, 4) is 5.75 Å². The molecule has 10 heteroatoms. The van der Waals surface area contributed by atoms with Gasteiger partial charge < -0.3 is 5.11 Å². The lowest BCUT2D eigenvalue weighted by Gasteiger charge is -2.03. The minimum absolute atomic E-state index is 0.466. The molecule has 110 valence electrons. The summed E-state index contributed by atoms with van der Waals surface area (Å²) in [7, 11) is 0. The highest BCUT2D eigenvalue weighted by atomic mass is 16.6. The Kier molecular flexibility index (Phi) is 4.95. The molecule has 10 nitrogen and oxygen atoms in total. The zero-order valence-corrected chi connectivity index (χ0v) is 10.6. The number of non-ortho nitro benzene ring substituents is 1. The lowest BCUT2D eigenvalue weighted by molar-refractivity contribution is -0.623. The van der Waals surface area contributed by atoms with E-state index in [0.717, 1.165) is 12.1 Å². The second-order valence-electron chi connectivity index (χ2n) is 3.70. The summed E-state index contributed by atoms with van der Waals surface area (Å²) >= 11 is 0. The topological polar surface area (TPSA) is 165 Å². The lowest BCUT2D eigenvalue weighted by atomic mass is 10.2. The molecule has 1 aromatic heterocycles. The van der Waals surface area contributed by atoms with E-state index in [4.69, 9.17) is 11.6 Å². The maximum absolute atomic E-state index is 10.8. The smallest absolute Gasteiger partial charge is 0.295 e. The third-order valence-corrected chi connectivity index (χ3v) is 2.27. The van der Waals surface area contributed by atoms with Crippen LogP contribution in [0, 0.1) is 20.2 Å². The molecule has 0 aliphatic rings. The summed E-state index contributed by atoms with van der Waals surface area (Å²) in [6.45, 7) is 0. The van der Waals surface area contributed by atoms with Crippen molar-refractivity contribution in [3.05, 3.63) is 62.8 Å². The van der Waals surface area contributed by atoms with Crippen LogP contribution in [0.4, 0.5) is 17.2 Å². The standard InChI is InChI=1S/C6H4N2O5.C5H7N3/c9-6-2-1-4(7(10)11)3-5(6)8(12)13;6-5-3-1-2-4-8(5)7/h1-3,9H;1-4,6H,7H2. The molecule has 0 bridgehead atoms. The normalized spacial score (nSPS) is 9.33. The van der Waals surface area contributed by atoms with Gasteiger partial charge in [0, 0.05) is 12.1 Å². The van der Waals surface area contributed by atoms with E-state index in [2.05, 4.69) is 0 Å².